The quantitative estimate of drug-likeness (QED) is 0.153. The van der Waals surface area contributed by atoms with Gasteiger partial charge in [-0.15, -0.1) is 0 Å². The van der Waals surface area contributed by atoms with Crippen LogP contribution in [0.2, 0.25) is 0 Å². The van der Waals surface area contributed by atoms with Gasteiger partial charge in [0.15, 0.2) is 0 Å². The number of hydrogen-bond donors (Lipinski definition) is 0. The second-order valence-corrected chi connectivity index (χ2v) is 36.1. The number of para-hydroxylation sites is 2. The van der Waals surface area contributed by atoms with Crippen LogP contribution in [0.25, 0.3) is 44.5 Å². The van der Waals surface area contributed by atoms with Crippen LogP contribution in [0.1, 0.15) is 158 Å². The molecule has 0 aliphatic carbocycles. The third-order valence-electron chi connectivity index (χ3n) is 20.8. The normalized spacial score (nSPS) is 14.2. The fourth-order valence-electron chi connectivity index (χ4n) is 15.1. The van der Waals surface area contributed by atoms with Crippen LogP contribution < -0.4 is 42.6 Å². The zero-order valence-electron chi connectivity index (χ0n) is 59.7. The Morgan fingerprint density at radius 1 is 0.250 bits per heavy atom. The summed E-state index contributed by atoms with van der Waals surface area (Å²) in [5, 5.41) is 0. The Kier molecular flexibility index (Phi) is 15.1. The summed E-state index contributed by atoms with van der Waals surface area (Å²) in [6.07, 6.45) is 0. The van der Waals surface area contributed by atoms with Crippen molar-refractivity contribution in [2.45, 2.75) is 177 Å². The summed E-state index contributed by atoms with van der Waals surface area (Å²) >= 11 is 3.95. The molecule has 0 atom stereocenters. The predicted octanol–water partition coefficient (Wildman–Crippen LogP) is 21.7. The average Bonchev–Trinajstić information content (AvgIpc) is 0.690. The average molecular weight is 1290 g/mol. The molecule has 4 aliphatic rings. The van der Waals surface area contributed by atoms with Crippen LogP contribution in [0.15, 0.2) is 238 Å². The van der Waals surface area contributed by atoms with Crippen molar-refractivity contribution in [1.82, 2.24) is 0 Å². The minimum atomic E-state index is -0.0952. The molecule has 0 amide bonds. The Morgan fingerprint density at radius 2 is 0.604 bits per heavy atom. The molecule has 0 saturated heterocycles. The second kappa shape index (κ2) is 22.7. The van der Waals surface area contributed by atoms with Gasteiger partial charge in [0.05, 0.1) is 5.69 Å². The van der Waals surface area contributed by atoms with E-state index in [-0.39, 0.29) is 45.9 Å². The van der Waals surface area contributed by atoms with Gasteiger partial charge in [-0.25, -0.2) is 0 Å². The fourth-order valence-corrected chi connectivity index (χ4v) is 17.6. The summed E-state index contributed by atoms with van der Waals surface area (Å²) in [6.45, 7) is 42.4. The molecule has 15 rings (SSSR count). The Hall–Kier alpha value is -8.15. The maximum atomic E-state index is 2.75. The molecule has 11 aromatic carbocycles. The van der Waals surface area contributed by atoms with Gasteiger partial charge in [0.1, 0.15) is 0 Å². The predicted molar refractivity (Wildman–Crippen MR) is 420 cm³/mol. The van der Waals surface area contributed by atoms with Gasteiger partial charge >= 0.3 is 0 Å². The molecule has 0 unspecified atom stereocenters. The van der Waals surface area contributed by atoms with Crippen LogP contribution >= 0.6 is 23.5 Å². The van der Waals surface area contributed by atoms with Gasteiger partial charge in [0, 0.05) is 59.1 Å². The SMILES string of the molecule is CC(C)(C)c1cc(-c2cc3c4c(c2)N(c2ccccc2)c2cc5c(cc2B4c2ccc(C(C)(C)C)cc2S3)B2c3ccc(C(C)(C)C)cc3Sc3cc(-c4cc(C(C)(C)C)cc(C(C)(C)C)c4)cc(c32)N5c2c(-c3ccccc3)cccc2-c2ccccc2)cc(C(C)(C)C)c1. The van der Waals surface area contributed by atoms with Crippen LogP contribution in [-0.2, 0) is 32.5 Å². The van der Waals surface area contributed by atoms with Crippen molar-refractivity contribution < 1.29 is 0 Å². The van der Waals surface area contributed by atoms with Crippen molar-refractivity contribution in [3.8, 4) is 44.5 Å². The Morgan fingerprint density at radius 3 is 0.990 bits per heavy atom. The highest BCUT2D eigenvalue weighted by atomic mass is 32.2. The van der Waals surface area contributed by atoms with Crippen molar-refractivity contribution in [3.63, 3.8) is 0 Å². The molecule has 0 fully saturated rings. The maximum Gasteiger partial charge on any atom is 0.249 e. The molecule has 6 heteroatoms. The van der Waals surface area contributed by atoms with Crippen LogP contribution in [0, 0.1) is 0 Å². The van der Waals surface area contributed by atoms with Crippen molar-refractivity contribution in [2.75, 3.05) is 9.80 Å². The lowest BCUT2D eigenvalue weighted by molar-refractivity contribution is 0.568. The number of nitrogens with zero attached hydrogens (tertiary/aromatic N) is 2. The number of anilines is 6. The number of rotatable bonds is 6. The largest absolute Gasteiger partial charge is 0.311 e. The van der Waals surface area contributed by atoms with Gasteiger partial charge in [0.2, 0.25) is 13.4 Å². The maximum absolute atomic E-state index is 2.75. The van der Waals surface area contributed by atoms with E-state index in [1.165, 1.54) is 159 Å². The molecule has 478 valence electrons. The molecule has 2 nitrogen and oxygen atoms in total. The first-order valence-corrected chi connectivity index (χ1v) is 36.4. The third kappa shape index (κ3) is 11.1. The zero-order valence-corrected chi connectivity index (χ0v) is 61.3. The minimum absolute atomic E-state index is 0.0418. The smallest absolute Gasteiger partial charge is 0.249 e. The highest BCUT2D eigenvalue weighted by Crippen LogP contribution is 2.53. The lowest BCUT2D eigenvalue weighted by Crippen LogP contribution is -2.64. The van der Waals surface area contributed by atoms with Crippen molar-refractivity contribution >= 4 is 104 Å². The zero-order chi connectivity index (χ0) is 67.5. The molecule has 0 bridgehead atoms. The number of fused-ring (bicyclic) bond motifs is 8. The van der Waals surface area contributed by atoms with E-state index >= 15 is 0 Å². The van der Waals surface area contributed by atoms with E-state index in [1.54, 1.807) is 0 Å². The summed E-state index contributed by atoms with van der Waals surface area (Å²) < 4.78 is 0. The standard InChI is InChI=1S/C90H90B2N2S2/c1-85(2,3)61-37-39-70-78(51-61)95-80-47-59(57-41-63(87(7,8)9)49-64(42-57)88(10,11)12)45-76-82(80)91(70)72-53-73-75(54-74(72)93(76)67-33-26-21-27-34-67)94(84-68(55-29-22-19-23-30-55)35-28-36-69(84)56-31-24-20-25-32-56)77-46-60(58-43-65(89(13,14)15)50-66(44-58)90(16,17)18)48-81-83(77)92(73)71-40-38-62(86(4,5)6)52-79(71)96-81/h19-54H,1-18H3. The van der Waals surface area contributed by atoms with Gasteiger partial charge in [-0.1, -0.05) is 323 Å². The van der Waals surface area contributed by atoms with Crippen LogP contribution in [0.4, 0.5) is 34.1 Å². The molecule has 96 heavy (non-hydrogen) atoms. The summed E-state index contributed by atoms with van der Waals surface area (Å²) in [7, 11) is 0. The highest BCUT2D eigenvalue weighted by molar-refractivity contribution is 8.00. The Labute approximate surface area is 582 Å². The van der Waals surface area contributed by atoms with Crippen molar-refractivity contribution in [2.24, 2.45) is 0 Å². The van der Waals surface area contributed by atoms with Crippen molar-refractivity contribution in [3.05, 3.63) is 252 Å². The van der Waals surface area contributed by atoms with E-state index in [0.29, 0.717) is 0 Å². The monoisotopic (exact) mass is 1280 g/mol. The summed E-state index contributed by atoms with van der Waals surface area (Å²) in [4.78, 5) is 10.7. The first kappa shape index (κ1) is 63.9. The first-order valence-electron chi connectivity index (χ1n) is 34.8. The van der Waals surface area contributed by atoms with Crippen molar-refractivity contribution in [1.29, 1.82) is 0 Å². The minimum Gasteiger partial charge on any atom is -0.311 e. The lowest BCUT2D eigenvalue weighted by Gasteiger charge is -2.45. The molecular formula is C90H90B2N2S2. The molecule has 0 radical (unpaired) electrons. The topological polar surface area (TPSA) is 6.48 Å². The van der Waals surface area contributed by atoms with E-state index in [0.717, 1.165) is 5.69 Å². The van der Waals surface area contributed by atoms with Crippen LogP contribution in [-0.4, -0.2) is 13.4 Å². The van der Waals surface area contributed by atoms with Gasteiger partial charge in [-0.05, 0) is 176 Å². The number of benzene rings is 11. The third-order valence-corrected chi connectivity index (χ3v) is 23.1. The van der Waals surface area contributed by atoms with Gasteiger partial charge in [0.25, 0.3) is 0 Å². The molecule has 0 aromatic heterocycles. The highest BCUT2D eigenvalue weighted by Gasteiger charge is 2.48. The molecule has 0 spiro atoms. The van der Waals surface area contributed by atoms with Crippen LogP contribution in [0.3, 0.4) is 0 Å². The molecule has 4 aliphatic heterocycles. The van der Waals surface area contributed by atoms with E-state index in [2.05, 4.69) is 353 Å². The molecule has 11 aromatic rings. The van der Waals surface area contributed by atoms with E-state index < -0.39 is 0 Å². The number of hydrogen-bond acceptors (Lipinski definition) is 4. The van der Waals surface area contributed by atoms with Gasteiger partial charge in [-0.3, -0.25) is 0 Å². The van der Waals surface area contributed by atoms with Gasteiger partial charge < -0.3 is 9.80 Å². The first-order chi connectivity index (χ1) is 45.4. The summed E-state index contributed by atoms with van der Waals surface area (Å²) in [6, 6.07) is 86.2. The summed E-state index contributed by atoms with van der Waals surface area (Å²) in [5.41, 5.74) is 32.7. The Balaban J connectivity index is 1.11. The van der Waals surface area contributed by atoms with E-state index in [1.807, 2.05) is 23.5 Å². The molecule has 0 saturated carbocycles. The molecule has 4 heterocycles. The Bertz CT molecular complexity index is 4820. The van der Waals surface area contributed by atoms with Crippen LogP contribution in [0.5, 0.6) is 0 Å². The fraction of sp³-hybridized carbons (Fsp3) is 0.267. The van der Waals surface area contributed by atoms with Gasteiger partial charge in [-0.2, -0.15) is 0 Å². The van der Waals surface area contributed by atoms with E-state index in [4.69, 9.17) is 0 Å². The lowest BCUT2D eigenvalue weighted by atomic mass is 9.31. The molecular weight excluding hydrogens is 1190 g/mol. The molecule has 0 N–H and O–H groups in total. The van der Waals surface area contributed by atoms with E-state index in [9.17, 15) is 0 Å². The summed E-state index contributed by atoms with van der Waals surface area (Å²) in [5.74, 6) is 0. The second-order valence-electron chi connectivity index (χ2n) is 33.9.